The zero-order valence-electron chi connectivity index (χ0n) is 20.3. The van der Waals surface area contributed by atoms with Crippen molar-refractivity contribution in [2.24, 2.45) is 0 Å². The molecule has 4 aromatic carbocycles. The first-order valence-electron chi connectivity index (χ1n) is 11.3. The molecule has 178 valence electrons. The molecule has 6 heteroatoms. The van der Waals surface area contributed by atoms with Crippen molar-refractivity contribution >= 4 is 29.2 Å². The lowest BCUT2D eigenvalue weighted by atomic mass is 9.98. The summed E-state index contributed by atoms with van der Waals surface area (Å²) in [5, 5.41) is 28.2. The highest BCUT2D eigenvalue weighted by atomic mass is 16.5. The maximum atomic E-state index is 9.51. The maximum Gasteiger partial charge on any atom is 0.119 e. The van der Waals surface area contributed by atoms with Crippen LogP contribution in [-0.2, 0) is 0 Å². The molecule has 0 saturated heterocycles. The molecule has 0 aromatic heterocycles. The largest absolute Gasteiger partial charge is 0.497 e. The third-order valence-corrected chi connectivity index (χ3v) is 5.81. The van der Waals surface area contributed by atoms with Gasteiger partial charge in [0, 0.05) is 22.6 Å². The van der Waals surface area contributed by atoms with Gasteiger partial charge in [0.15, 0.2) is 0 Å². The van der Waals surface area contributed by atoms with Crippen molar-refractivity contribution in [2.45, 2.75) is 0 Å². The van der Waals surface area contributed by atoms with Crippen LogP contribution in [0.15, 0.2) is 84.9 Å². The molecule has 0 amide bonds. The fourth-order valence-electron chi connectivity index (χ4n) is 3.91. The number of ether oxygens (including phenoxy) is 2. The second kappa shape index (κ2) is 11.3. The Hall–Kier alpha value is -5.51. The zero-order valence-corrected chi connectivity index (χ0v) is 20.3. The minimum Gasteiger partial charge on any atom is -0.497 e. The van der Waals surface area contributed by atoms with Gasteiger partial charge in [-0.15, -0.1) is 0 Å². The zero-order chi connectivity index (χ0) is 26.2. The second-order valence-electron chi connectivity index (χ2n) is 7.98. The van der Waals surface area contributed by atoms with Crippen LogP contribution in [0.3, 0.4) is 0 Å². The molecule has 6 nitrogen and oxygen atoms in total. The van der Waals surface area contributed by atoms with Crippen LogP contribution in [0.2, 0.25) is 0 Å². The Kier molecular flexibility index (Phi) is 7.50. The molecule has 4 aromatic rings. The summed E-state index contributed by atoms with van der Waals surface area (Å²) in [5.74, 6) is 1.55. The number of anilines is 3. The summed E-state index contributed by atoms with van der Waals surface area (Å²) in [6.45, 7) is 0. The number of benzene rings is 4. The molecule has 4 rings (SSSR count). The Labute approximate surface area is 216 Å². The SMILES string of the molecule is COc1ccc(N(c2ccc(C=Cc3c(C#N)cc(C#N)cc3C#N)cc2)c2ccc(OC)cc2)cc1. The predicted molar refractivity (Wildman–Crippen MR) is 144 cm³/mol. The van der Waals surface area contributed by atoms with E-state index < -0.39 is 0 Å². The molecule has 0 atom stereocenters. The van der Waals surface area contributed by atoms with Crippen molar-refractivity contribution in [3.05, 3.63) is 113 Å². The van der Waals surface area contributed by atoms with Gasteiger partial charge in [-0.25, -0.2) is 0 Å². The smallest absolute Gasteiger partial charge is 0.119 e. The van der Waals surface area contributed by atoms with Crippen molar-refractivity contribution in [1.82, 2.24) is 0 Å². The van der Waals surface area contributed by atoms with Crippen LogP contribution in [0.25, 0.3) is 12.2 Å². The van der Waals surface area contributed by atoms with Crippen LogP contribution in [0.5, 0.6) is 11.5 Å². The monoisotopic (exact) mass is 482 g/mol. The van der Waals surface area contributed by atoms with Gasteiger partial charge in [-0.1, -0.05) is 24.3 Å². The number of hydrogen-bond acceptors (Lipinski definition) is 6. The summed E-state index contributed by atoms with van der Waals surface area (Å²) in [6, 6.07) is 32.7. The summed E-state index contributed by atoms with van der Waals surface area (Å²) < 4.78 is 10.6. The third-order valence-electron chi connectivity index (χ3n) is 5.81. The van der Waals surface area contributed by atoms with Gasteiger partial charge in [0.25, 0.3) is 0 Å². The molecule has 0 bridgehead atoms. The highest BCUT2D eigenvalue weighted by Gasteiger charge is 2.13. The minimum absolute atomic E-state index is 0.284. The van der Waals surface area contributed by atoms with Crippen molar-refractivity contribution in [3.8, 4) is 29.7 Å². The molecule has 0 radical (unpaired) electrons. The second-order valence-corrected chi connectivity index (χ2v) is 7.98. The minimum atomic E-state index is 0.284. The summed E-state index contributed by atoms with van der Waals surface area (Å²) >= 11 is 0. The van der Waals surface area contributed by atoms with E-state index in [9.17, 15) is 10.5 Å². The molecular weight excluding hydrogens is 460 g/mol. The van der Waals surface area contributed by atoms with E-state index in [0.29, 0.717) is 5.56 Å². The van der Waals surface area contributed by atoms with Crippen LogP contribution in [0.4, 0.5) is 17.1 Å². The van der Waals surface area contributed by atoms with E-state index >= 15 is 0 Å². The molecule has 0 fully saturated rings. The first-order valence-corrected chi connectivity index (χ1v) is 11.3. The van der Waals surface area contributed by atoms with E-state index in [4.69, 9.17) is 14.7 Å². The van der Waals surface area contributed by atoms with Gasteiger partial charge in [-0.2, -0.15) is 15.8 Å². The predicted octanol–water partition coefficient (Wildman–Crippen LogP) is 6.96. The van der Waals surface area contributed by atoms with E-state index in [0.717, 1.165) is 34.1 Å². The maximum absolute atomic E-state index is 9.51. The van der Waals surface area contributed by atoms with E-state index in [-0.39, 0.29) is 16.7 Å². The Morgan fingerprint density at radius 1 is 0.595 bits per heavy atom. The average Bonchev–Trinajstić information content (AvgIpc) is 2.97. The highest BCUT2D eigenvalue weighted by Crippen LogP contribution is 2.36. The summed E-state index contributed by atoms with van der Waals surface area (Å²) in [4.78, 5) is 2.12. The average molecular weight is 483 g/mol. The van der Waals surface area contributed by atoms with E-state index in [1.54, 1.807) is 20.3 Å². The van der Waals surface area contributed by atoms with Crippen molar-refractivity contribution in [3.63, 3.8) is 0 Å². The Morgan fingerprint density at radius 3 is 1.41 bits per heavy atom. The Balaban J connectivity index is 1.69. The summed E-state index contributed by atoms with van der Waals surface area (Å²) in [6.07, 6.45) is 3.58. The van der Waals surface area contributed by atoms with E-state index in [1.165, 1.54) is 12.1 Å². The standard InChI is InChI=1S/C31H22N4O2/c1-36-29-12-8-27(9-13-29)35(28-10-14-30(37-2)15-11-28)26-6-3-22(4-7-26)5-16-31-24(20-33)17-23(19-32)18-25(31)21-34/h3-18H,1-2H3. The quantitative estimate of drug-likeness (QED) is 0.264. The van der Waals surface area contributed by atoms with Gasteiger partial charge in [0.1, 0.15) is 11.5 Å². The van der Waals surface area contributed by atoms with Crippen LogP contribution in [-0.4, -0.2) is 14.2 Å². The van der Waals surface area contributed by atoms with Crippen molar-refractivity contribution < 1.29 is 9.47 Å². The Bertz CT molecular complexity index is 1470. The van der Waals surface area contributed by atoms with E-state index in [2.05, 4.69) is 17.0 Å². The molecule has 37 heavy (non-hydrogen) atoms. The third kappa shape index (κ3) is 5.43. The summed E-state index contributed by atoms with van der Waals surface area (Å²) in [7, 11) is 3.28. The van der Waals surface area contributed by atoms with Gasteiger partial charge in [-0.05, 0) is 78.4 Å². The highest BCUT2D eigenvalue weighted by molar-refractivity contribution is 5.80. The Morgan fingerprint density at radius 2 is 1.03 bits per heavy atom. The number of methoxy groups -OCH3 is 2. The number of nitrogens with zero attached hydrogens (tertiary/aromatic N) is 4. The lowest BCUT2D eigenvalue weighted by Gasteiger charge is -2.26. The lowest BCUT2D eigenvalue weighted by molar-refractivity contribution is 0.415. The lowest BCUT2D eigenvalue weighted by Crippen LogP contribution is -2.09. The first kappa shape index (κ1) is 24.6. The van der Waals surface area contributed by atoms with Gasteiger partial charge < -0.3 is 14.4 Å². The topological polar surface area (TPSA) is 93.1 Å². The molecule has 0 heterocycles. The van der Waals surface area contributed by atoms with Gasteiger partial charge >= 0.3 is 0 Å². The van der Waals surface area contributed by atoms with E-state index in [1.807, 2.05) is 84.9 Å². The van der Waals surface area contributed by atoms with Gasteiger partial charge in [-0.3, -0.25) is 0 Å². The molecule has 0 aliphatic heterocycles. The number of nitriles is 3. The van der Waals surface area contributed by atoms with Crippen LogP contribution in [0, 0.1) is 34.0 Å². The number of hydrogen-bond donors (Lipinski definition) is 0. The van der Waals surface area contributed by atoms with Crippen molar-refractivity contribution in [2.75, 3.05) is 19.1 Å². The molecular formula is C31H22N4O2. The molecule has 0 spiro atoms. The molecule has 0 saturated carbocycles. The number of rotatable bonds is 7. The normalized spacial score (nSPS) is 10.2. The van der Waals surface area contributed by atoms with Gasteiger partial charge in [0.05, 0.1) is 49.1 Å². The van der Waals surface area contributed by atoms with Crippen LogP contribution < -0.4 is 14.4 Å². The van der Waals surface area contributed by atoms with Crippen molar-refractivity contribution in [1.29, 1.82) is 15.8 Å². The molecule has 0 unspecified atom stereocenters. The fraction of sp³-hybridized carbons (Fsp3) is 0.0645. The van der Waals surface area contributed by atoms with Crippen LogP contribution in [0.1, 0.15) is 27.8 Å². The summed E-state index contributed by atoms with van der Waals surface area (Å²) in [5.41, 5.74) is 5.11. The molecule has 0 aliphatic rings. The van der Waals surface area contributed by atoms with Crippen LogP contribution >= 0.6 is 0 Å². The fourth-order valence-corrected chi connectivity index (χ4v) is 3.91. The molecule has 0 N–H and O–H groups in total. The first-order chi connectivity index (χ1) is 18.1. The molecule has 0 aliphatic carbocycles. The van der Waals surface area contributed by atoms with Gasteiger partial charge in [0.2, 0.25) is 0 Å².